The van der Waals surface area contributed by atoms with E-state index in [0.717, 1.165) is 0 Å². The van der Waals surface area contributed by atoms with Gasteiger partial charge in [-0.25, -0.2) is 0 Å². The van der Waals surface area contributed by atoms with Crippen molar-refractivity contribution < 1.29 is 14.6 Å². The number of aliphatic hydroxyl groups excluding tert-OH is 1. The van der Waals surface area contributed by atoms with Gasteiger partial charge in [-0.2, -0.15) is 5.26 Å². The average Bonchev–Trinajstić information content (AvgIpc) is 2.10. The van der Waals surface area contributed by atoms with Crippen LogP contribution < -0.4 is 0 Å². The van der Waals surface area contributed by atoms with E-state index in [1.54, 1.807) is 21.0 Å². The van der Waals surface area contributed by atoms with E-state index in [0.29, 0.717) is 12.8 Å². The third kappa shape index (κ3) is 2.24. The molecule has 14 heavy (non-hydrogen) atoms. The van der Waals surface area contributed by atoms with Crippen LogP contribution in [0, 0.1) is 11.3 Å². The van der Waals surface area contributed by atoms with E-state index in [1.165, 1.54) is 0 Å². The van der Waals surface area contributed by atoms with Crippen molar-refractivity contribution in [3.05, 3.63) is 0 Å². The van der Waals surface area contributed by atoms with Gasteiger partial charge in [0, 0.05) is 20.0 Å². The fourth-order valence-electron chi connectivity index (χ4n) is 1.51. The molecule has 1 fully saturated rings. The number of ether oxygens (including phenoxy) is 2. The van der Waals surface area contributed by atoms with Crippen molar-refractivity contribution in [1.29, 1.82) is 5.26 Å². The maximum Gasteiger partial charge on any atom is 0.159 e. The number of hydrogen-bond acceptors (Lipinski definition) is 4. The van der Waals surface area contributed by atoms with Crippen LogP contribution in [0.15, 0.2) is 0 Å². The molecule has 2 atom stereocenters. The van der Waals surface area contributed by atoms with Crippen LogP contribution in [0.1, 0.15) is 26.7 Å². The van der Waals surface area contributed by atoms with Crippen molar-refractivity contribution in [3.8, 4) is 6.07 Å². The van der Waals surface area contributed by atoms with E-state index in [4.69, 9.17) is 14.7 Å². The second kappa shape index (κ2) is 4.26. The van der Waals surface area contributed by atoms with Gasteiger partial charge in [0.25, 0.3) is 0 Å². The zero-order valence-corrected chi connectivity index (χ0v) is 8.86. The zero-order valence-electron chi connectivity index (χ0n) is 8.86. The largest absolute Gasteiger partial charge is 0.391 e. The Bertz CT molecular complexity index is 228. The Morgan fingerprint density at radius 3 is 2.43 bits per heavy atom. The summed E-state index contributed by atoms with van der Waals surface area (Å²) in [5.74, 6) is 0. The van der Waals surface area contributed by atoms with Gasteiger partial charge in [0.15, 0.2) is 5.60 Å². The highest BCUT2D eigenvalue weighted by molar-refractivity contribution is 5.12. The van der Waals surface area contributed by atoms with Crippen LogP contribution in [-0.4, -0.2) is 36.1 Å². The third-order valence-electron chi connectivity index (χ3n) is 2.74. The van der Waals surface area contributed by atoms with Crippen molar-refractivity contribution >= 4 is 0 Å². The van der Waals surface area contributed by atoms with Crippen LogP contribution in [0.3, 0.4) is 0 Å². The average molecular weight is 199 g/mol. The maximum atomic E-state index is 9.26. The molecule has 0 aliphatic heterocycles. The quantitative estimate of drug-likeness (QED) is 0.729. The van der Waals surface area contributed by atoms with Crippen LogP contribution >= 0.6 is 0 Å². The molecule has 4 heteroatoms. The van der Waals surface area contributed by atoms with Crippen molar-refractivity contribution in [3.63, 3.8) is 0 Å². The molecule has 0 saturated heterocycles. The SMILES string of the molecule is COC1CC(C#N)(OC(C)C(C)O)C1. The Balaban J connectivity index is 2.46. The molecule has 0 bridgehead atoms. The van der Waals surface area contributed by atoms with Gasteiger partial charge < -0.3 is 14.6 Å². The highest BCUT2D eigenvalue weighted by Crippen LogP contribution is 2.38. The monoisotopic (exact) mass is 199 g/mol. The summed E-state index contributed by atoms with van der Waals surface area (Å²) in [6.07, 6.45) is 0.443. The molecule has 0 radical (unpaired) electrons. The molecule has 1 aliphatic carbocycles. The molecule has 0 aromatic rings. The molecule has 1 aliphatic rings. The number of hydrogen-bond donors (Lipinski definition) is 1. The summed E-state index contributed by atoms with van der Waals surface area (Å²) in [6.45, 7) is 3.42. The summed E-state index contributed by atoms with van der Waals surface area (Å²) in [4.78, 5) is 0. The van der Waals surface area contributed by atoms with Gasteiger partial charge >= 0.3 is 0 Å². The number of aliphatic hydroxyl groups is 1. The van der Waals surface area contributed by atoms with Crippen molar-refractivity contribution in [2.24, 2.45) is 0 Å². The number of nitriles is 1. The normalized spacial score (nSPS) is 35.5. The van der Waals surface area contributed by atoms with Crippen LogP contribution in [0.4, 0.5) is 0 Å². The van der Waals surface area contributed by atoms with Gasteiger partial charge in [-0.05, 0) is 13.8 Å². The van der Waals surface area contributed by atoms with Crippen LogP contribution in [0.5, 0.6) is 0 Å². The van der Waals surface area contributed by atoms with E-state index in [-0.39, 0.29) is 12.2 Å². The minimum Gasteiger partial charge on any atom is -0.391 e. The maximum absolute atomic E-state index is 9.26. The zero-order chi connectivity index (χ0) is 10.8. The van der Waals surface area contributed by atoms with E-state index in [2.05, 4.69) is 6.07 Å². The van der Waals surface area contributed by atoms with E-state index < -0.39 is 11.7 Å². The van der Waals surface area contributed by atoms with Crippen molar-refractivity contribution in [2.75, 3.05) is 7.11 Å². The van der Waals surface area contributed by atoms with Crippen molar-refractivity contribution in [1.82, 2.24) is 0 Å². The van der Waals surface area contributed by atoms with Gasteiger partial charge in [0.05, 0.1) is 24.4 Å². The summed E-state index contributed by atoms with van der Waals surface area (Å²) >= 11 is 0. The Labute approximate surface area is 84.4 Å². The molecule has 80 valence electrons. The van der Waals surface area contributed by atoms with Gasteiger partial charge in [0.2, 0.25) is 0 Å². The first-order valence-corrected chi connectivity index (χ1v) is 4.83. The highest BCUT2D eigenvalue weighted by atomic mass is 16.5. The van der Waals surface area contributed by atoms with Crippen LogP contribution in [0.2, 0.25) is 0 Å². The van der Waals surface area contributed by atoms with Crippen LogP contribution in [-0.2, 0) is 9.47 Å². The smallest absolute Gasteiger partial charge is 0.159 e. The van der Waals surface area contributed by atoms with Crippen molar-refractivity contribution in [2.45, 2.75) is 50.6 Å². The van der Waals surface area contributed by atoms with Gasteiger partial charge in [0.1, 0.15) is 0 Å². The predicted molar refractivity (Wildman–Crippen MR) is 50.6 cm³/mol. The van der Waals surface area contributed by atoms with E-state index >= 15 is 0 Å². The minimum absolute atomic E-state index is 0.121. The minimum atomic E-state index is -0.739. The fraction of sp³-hybridized carbons (Fsp3) is 0.900. The standard InChI is InChI=1S/C10H17NO3/c1-7(12)8(2)14-10(6-11)4-9(5-10)13-3/h7-9,12H,4-5H2,1-3H3. The highest BCUT2D eigenvalue weighted by Gasteiger charge is 2.47. The Morgan fingerprint density at radius 1 is 1.50 bits per heavy atom. The summed E-state index contributed by atoms with van der Waals surface area (Å²) in [5.41, 5.74) is -0.739. The second-order valence-electron chi connectivity index (χ2n) is 3.94. The molecule has 4 nitrogen and oxygen atoms in total. The predicted octanol–water partition coefficient (Wildman–Crippen LogP) is 0.843. The topological polar surface area (TPSA) is 62.5 Å². The molecule has 0 amide bonds. The number of methoxy groups -OCH3 is 1. The summed E-state index contributed by atoms with van der Waals surface area (Å²) in [5, 5.41) is 18.2. The molecule has 0 heterocycles. The van der Waals surface area contributed by atoms with Crippen LogP contribution in [0.25, 0.3) is 0 Å². The Kier molecular flexibility index (Phi) is 3.48. The lowest BCUT2D eigenvalue weighted by Gasteiger charge is -2.43. The number of nitrogens with zero attached hydrogens (tertiary/aromatic N) is 1. The lowest BCUT2D eigenvalue weighted by atomic mass is 9.78. The molecule has 0 aromatic carbocycles. The van der Waals surface area contributed by atoms with Gasteiger partial charge in [-0.1, -0.05) is 0 Å². The fourth-order valence-corrected chi connectivity index (χ4v) is 1.51. The summed E-state index contributed by atoms with van der Waals surface area (Å²) < 4.78 is 10.6. The van der Waals surface area contributed by atoms with E-state index in [1.807, 2.05) is 0 Å². The lowest BCUT2D eigenvalue weighted by molar-refractivity contribution is -0.173. The van der Waals surface area contributed by atoms with Gasteiger partial charge in [-0.3, -0.25) is 0 Å². The molecular formula is C10H17NO3. The lowest BCUT2D eigenvalue weighted by Crippen LogP contribution is -2.51. The molecule has 0 aromatic heterocycles. The Morgan fingerprint density at radius 2 is 2.07 bits per heavy atom. The molecule has 1 N–H and O–H groups in total. The summed E-state index contributed by atoms with van der Waals surface area (Å²) in [6, 6.07) is 2.15. The first-order chi connectivity index (χ1) is 6.53. The van der Waals surface area contributed by atoms with Gasteiger partial charge in [-0.15, -0.1) is 0 Å². The molecule has 2 unspecified atom stereocenters. The third-order valence-corrected chi connectivity index (χ3v) is 2.74. The molecule has 1 saturated carbocycles. The summed E-state index contributed by atoms with van der Waals surface area (Å²) in [7, 11) is 1.63. The molecular weight excluding hydrogens is 182 g/mol. The molecule has 1 rings (SSSR count). The second-order valence-corrected chi connectivity index (χ2v) is 3.94. The first kappa shape index (κ1) is 11.4. The first-order valence-electron chi connectivity index (χ1n) is 4.83. The molecule has 0 spiro atoms. The number of rotatable bonds is 4. The van der Waals surface area contributed by atoms with E-state index in [9.17, 15) is 5.11 Å². The Hall–Kier alpha value is -0.630.